The molecule has 2 aliphatic rings. The van der Waals surface area contributed by atoms with Gasteiger partial charge in [-0.05, 0) is 29.8 Å². The van der Waals surface area contributed by atoms with Crippen molar-refractivity contribution in [2.75, 3.05) is 37.7 Å². The largest absolute Gasteiger partial charge is 0.493 e. The first-order valence-corrected chi connectivity index (χ1v) is 11.1. The lowest BCUT2D eigenvalue weighted by molar-refractivity contribution is -0.122. The van der Waals surface area contributed by atoms with Gasteiger partial charge in [-0.3, -0.25) is 4.79 Å². The molecule has 0 aliphatic carbocycles. The Labute approximate surface area is 174 Å². The van der Waals surface area contributed by atoms with Gasteiger partial charge in [0.05, 0.1) is 17.0 Å². The average molecular weight is 429 g/mol. The van der Waals surface area contributed by atoms with Crippen molar-refractivity contribution in [1.29, 1.82) is 0 Å². The molecule has 3 heterocycles. The molecule has 5 rings (SSSR count). The van der Waals surface area contributed by atoms with Crippen LogP contribution >= 0.6 is 0 Å². The number of carbonyl (C=O) groups is 1. The molecular formula is C21H23N3O5S. The Balaban J connectivity index is 0.000000687. The standard InChI is InChI=1S/C20H21N3O3S.CH2O2/c24-27(25,16-5-4-15-7-13-26-20(15)14-16)23-10-6-17-18(2-1-3-19(17)23)22-11-8-21-9-12-22;2-1-3/h1-6,10,14,21H,7-9,11-13H2;1H,(H,2,3). The number of nitrogens with one attached hydrogen (secondary N) is 1. The predicted octanol–water partition coefficient (Wildman–Crippen LogP) is 1.92. The molecule has 0 radical (unpaired) electrons. The van der Waals surface area contributed by atoms with E-state index < -0.39 is 10.0 Å². The molecule has 3 aromatic rings. The van der Waals surface area contributed by atoms with Crippen LogP contribution in [0.15, 0.2) is 53.6 Å². The molecule has 1 aromatic heterocycles. The van der Waals surface area contributed by atoms with Gasteiger partial charge in [0.2, 0.25) is 0 Å². The summed E-state index contributed by atoms with van der Waals surface area (Å²) in [5.41, 5.74) is 2.85. The molecule has 0 amide bonds. The van der Waals surface area contributed by atoms with E-state index in [-0.39, 0.29) is 11.4 Å². The highest BCUT2D eigenvalue weighted by molar-refractivity contribution is 7.90. The zero-order chi connectivity index (χ0) is 21.1. The van der Waals surface area contributed by atoms with Gasteiger partial charge >= 0.3 is 0 Å². The highest BCUT2D eigenvalue weighted by atomic mass is 32.2. The van der Waals surface area contributed by atoms with Gasteiger partial charge < -0.3 is 20.1 Å². The van der Waals surface area contributed by atoms with Crippen LogP contribution in [0.4, 0.5) is 5.69 Å². The number of ether oxygens (including phenoxy) is 1. The first-order chi connectivity index (χ1) is 14.6. The fourth-order valence-corrected chi connectivity index (χ4v) is 5.30. The smallest absolute Gasteiger partial charge is 0.290 e. The molecule has 0 bridgehead atoms. The van der Waals surface area contributed by atoms with E-state index in [4.69, 9.17) is 14.6 Å². The third kappa shape index (κ3) is 3.61. The fraction of sp³-hybridized carbons (Fsp3) is 0.286. The Kier molecular flexibility index (Phi) is 5.65. The molecule has 0 unspecified atom stereocenters. The maximum Gasteiger partial charge on any atom is 0.290 e. The van der Waals surface area contributed by atoms with E-state index in [1.807, 2.05) is 24.3 Å². The van der Waals surface area contributed by atoms with Crippen LogP contribution in [0.1, 0.15) is 5.56 Å². The number of hydrogen-bond donors (Lipinski definition) is 2. The molecule has 8 nitrogen and oxygen atoms in total. The highest BCUT2D eigenvalue weighted by Crippen LogP contribution is 2.33. The first kappa shape index (κ1) is 20.2. The molecule has 0 atom stereocenters. The zero-order valence-corrected chi connectivity index (χ0v) is 17.1. The molecule has 30 heavy (non-hydrogen) atoms. The van der Waals surface area contributed by atoms with E-state index in [2.05, 4.69) is 16.3 Å². The second kappa shape index (κ2) is 8.37. The van der Waals surface area contributed by atoms with E-state index in [1.165, 1.54) is 3.97 Å². The Morgan fingerprint density at radius 3 is 2.63 bits per heavy atom. The fourth-order valence-electron chi connectivity index (χ4n) is 3.94. The number of carboxylic acid groups (broad SMARTS) is 1. The Morgan fingerprint density at radius 2 is 1.87 bits per heavy atom. The van der Waals surface area contributed by atoms with Gasteiger partial charge in [-0.25, -0.2) is 12.4 Å². The number of fused-ring (bicyclic) bond motifs is 2. The molecule has 0 saturated carbocycles. The summed E-state index contributed by atoms with van der Waals surface area (Å²) in [5.74, 6) is 0.675. The average Bonchev–Trinajstić information content (AvgIpc) is 3.41. The molecule has 0 spiro atoms. The quantitative estimate of drug-likeness (QED) is 0.614. The lowest BCUT2D eigenvalue weighted by Gasteiger charge is -2.30. The summed E-state index contributed by atoms with van der Waals surface area (Å²) in [5, 5.41) is 11.2. The molecule has 9 heteroatoms. The third-order valence-corrected chi connectivity index (χ3v) is 7.04. The number of hydrogen-bond acceptors (Lipinski definition) is 6. The lowest BCUT2D eigenvalue weighted by Crippen LogP contribution is -2.43. The minimum atomic E-state index is -3.69. The maximum absolute atomic E-state index is 13.3. The summed E-state index contributed by atoms with van der Waals surface area (Å²) < 4.78 is 33.5. The molecular weight excluding hydrogens is 406 g/mol. The summed E-state index contributed by atoms with van der Waals surface area (Å²) in [6.45, 7) is 4.06. The number of piperazine rings is 1. The van der Waals surface area contributed by atoms with Crippen molar-refractivity contribution in [2.24, 2.45) is 0 Å². The van der Waals surface area contributed by atoms with Crippen molar-refractivity contribution in [1.82, 2.24) is 9.29 Å². The van der Waals surface area contributed by atoms with E-state index >= 15 is 0 Å². The Morgan fingerprint density at radius 1 is 1.10 bits per heavy atom. The van der Waals surface area contributed by atoms with E-state index in [1.54, 1.807) is 18.3 Å². The number of anilines is 1. The monoisotopic (exact) mass is 429 g/mol. The second-order valence-corrected chi connectivity index (χ2v) is 8.85. The summed E-state index contributed by atoms with van der Waals surface area (Å²) in [6.07, 6.45) is 2.48. The number of nitrogens with zero attached hydrogens (tertiary/aromatic N) is 2. The van der Waals surface area contributed by atoms with E-state index in [0.29, 0.717) is 17.9 Å². The summed E-state index contributed by atoms with van der Waals surface area (Å²) in [7, 11) is -3.69. The first-order valence-electron chi connectivity index (χ1n) is 9.71. The van der Waals surface area contributed by atoms with Crippen LogP contribution in [0, 0.1) is 0 Å². The van der Waals surface area contributed by atoms with Crippen molar-refractivity contribution in [3.8, 4) is 5.75 Å². The summed E-state index contributed by atoms with van der Waals surface area (Å²) >= 11 is 0. The SMILES string of the molecule is O=CO.O=S(=O)(c1ccc2c(c1)OCC2)n1ccc2c(N3CCNCC3)cccc21. The van der Waals surface area contributed by atoms with E-state index in [0.717, 1.165) is 49.2 Å². The van der Waals surface area contributed by atoms with Gasteiger partial charge in [0.25, 0.3) is 16.5 Å². The number of benzene rings is 2. The third-order valence-electron chi connectivity index (χ3n) is 5.36. The normalized spacial score (nSPS) is 15.8. The van der Waals surface area contributed by atoms with Crippen molar-refractivity contribution < 1.29 is 23.1 Å². The second-order valence-electron chi connectivity index (χ2n) is 7.04. The van der Waals surface area contributed by atoms with Gasteiger partial charge in [0, 0.05) is 55.9 Å². The number of rotatable bonds is 3. The predicted molar refractivity (Wildman–Crippen MR) is 114 cm³/mol. The minimum Gasteiger partial charge on any atom is -0.493 e. The molecule has 2 aromatic carbocycles. The van der Waals surface area contributed by atoms with Crippen LogP contribution in [-0.4, -0.2) is 56.8 Å². The van der Waals surface area contributed by atoms with Gasteiger partial charge in [0.15, 0.2) is 0 Å². The molecule has 2 N–H and O–H groups in total. The topological polar surface area (TPSA) is 101 Å². The molecule has 158 valence electrons. The van der Waals surface area contributed by atoms with Crippen molar-refractivity contribution in [3.05, 3.63) is 54.2 Å². The van der Waals surface area contributed by atoms with Crippen LogP contribution < -0.4 is 15.0 Å². The molecule has 1 saturated heterocycles. The van der Waals surface area contributed by atoms with Crippen LogP contribution in [0.3, 0.4) is 0 Å². The Hall–Kier alpha value is -3.04. The lowest BCUT2D eigenvalue weighted by atomic mass is 10.2. The van der Waals surface area contributed by atoms with Gasteiger partial charge in [-0.2, -0.15) is 0 Å². The zero-order valence-electron chi connectivity index (χ0n) is 16.3. The maximum atomic E-state index is 13.3. The van der Waals surface area contributed by atoms with Gasteiger partial charge in [0.1, 0.15) is 5.75 Å². The minimum absolute atomic E-state index is 0.250. The van der Waals surface area contributed by atoms with E-state index in [9.17, 15) is 8.42 Å². The van der Waals surface area contributed by atoms with Crippen LogP contribution in [0.2, 0.25) is 0 Å². The van der Waals surface area contributed by atoms with Crippen molar-refractivity contribution in [2.45, 2.75) is 11.3 Å². The van der Waals surface area contributed by atoms with Gasteiger partial charge in [-0.15, -0.1) is 0 Å². The Bertz CT molecular complexity index is 1170. The van der Waals surface area contributed by atoms with Crippen LogP contribution in [-0.2, 0) is 21.2 Å². The van der Waals surface area contributed by atoms with Crippen LogP contribution in [0.25, 0.3) is 10.9 Å². The van der Waals surface area contributed by atoms with Gasteiger partial charge in [-0.1, -0.05) is 12.1 Å². The van der Waals surface area contributed by atoms with Crippen molar-refractivity contribution >= 4 is 33.1 Å². The highest BCUT2D eigenvalue weighted by Gasteiger charge is 2.23. The summed E-state index contributed by atoms with van der Waals surface area (Å²) in [4.78, 5) is 10.9. The van der Waals surface area contributed by atoms with Crippen molar-refractivity contribution in [3.63, 3.8) is 0 Å². The molecule has 1 fully saturated rings. The number of aromatic nitrogens is 1. The molecule has 2 aliphatic heterocycles. The summed E-state index contributed by atoms with van der Waals surface area (Å²) in [6, 6.07) is 12.9. The van der Waals surface area contributed by atoms with Crippen LogP contribution in [0.5, 0.6) is 5.75 Å².